The predicted molar refractivity (Wildman–Crippen MR) is 132 cm³/mol. The van der Waals surface area contributed by atoms with Crippen LogP contribution in [0.5, 0.6) is 17.2 Å². The van der Waals surface area contributed by atoms with E-state index in [0.29, 0.717) is 30.2 Å². The lowest BCUT2D eigenvalue weighted by Crippen LogP contribution is -2.22. The molecule has 33 heavy (non-hydrogen) atoms. The van der Waals surface area contributed by atoms with Crippen LogP contribution < -0.4 is 19.5 Å². The summed E-state index contributed by atoms with van der Waals surface area (Å²) in [5, 5.41) is 3.86. The van der Waals surface area contributed by atoms with Gasteiger partial charge in [-0.15, -0.1) is 0 Å². The summed E-state index contributed by atoms with van der Waals surface area (Å²) in [7, 11) is 3.27. The summed E-state index contributed by atoms with van der Waals surface area (Å²) < 4.78 is 22.7. The Kier molecular flexibility index (Phi) is 8.41. The lowest BCUT2D eigenvalue weighted by Gasteiger charge is -2.13. The van der Waals surface area contributed by atoms with Crippen LogP contribution in [0.1, 0.15) is 45.6 Å². The molecule has 3 aromatic rings. The number of nitrogens with one attached hydrogen (secondary N) is 1. The number of ether oxygens (including phenoxy) is 3. The minimum atomic E-state index is -0.104. The number of allylic oxidation sites excluding steroid dienone is 1. The lowest BCUT2D eigenvalue weighted by molar-refractivity contribution is -0.116. The Labute approximate surface area is 195 Å². The van der Waals surface area contributed by atoms with E-state index in [1.807, 2.05) is 44.2 Å². The first-order valence-corrected chi connectivity index (χ1v) is 11.4. The zero-order chi connectivity index (χ0) is 23.8. The van der Waals surface area contributed by atoms with Crippen LogP contribution >= 0.6 is 0 Å². The fourth-order valence-electron chi connectivity index (χ4n) is 3.78. The molecule has 0 fully saturated rings. The van der Waals surface area contributed by atoms with E-state index >= 15 is 0 Å². The first kappa shape index (κ1) is 24.2. The van der Waals surface area contributed by atoms with Gasteiger partial charge in [0.25, 0.3) is 0 Å². The monoisotopic (exact) mass is 451 g/mol. The van der Waals surface area contributed by atoms with E-state index in [0.717, 1.165) is 52.7 Å². The van der Waals surface area contributed by atoms with Gasteiger partial charge >= 0.3 is 0 Å². The van der Waals surface area contributed by atoms with Gasteiger partial charge in [-0.05, 0) is 50.1 Å². The first-order chi connectivity index (χ1) is 16.0. The summed E-state index contributed by atoms with van der Waals surface area (Å²) in [5.41, 5.74) is 4.09. The zero-order valence-corrected chi connectivity index (χ0v) is 20.1. The number of hydrogen-bond donors (Lipinski definition) is 1. The highest BCUT2D eigenvalue weighted by Crippen LogP contribution is 2.41. The molecule has 0 aliphatic heterocycles. The smallest absolute Gasteiger partial charge is 0.244 e. The molecule has 0 aliphatic carbocycles. The molecular weight excluding hydrogens is 418 g/mol. The van der Waals surface area contributed by atoms with Crippen molar-refractivity contribution < 1.29 is 23.4 Å². The molecule has 0 unspecified atom stereocenters. The maximum Gasteiger partial charge on any atom is 0.244 e. The van der Waals surface area contributed by atoms with Crippen molar-refractivity contribution in [2.45, 2.75) is 40.0 Å². The molecule has 1 amide bonds. The SMILES string of the molecule is CCCCCNC(=O)/C=C(\C)c1cc2c(-c3cc(OC)ccc3OC)coc2cc1OCC. The number of unbranched alkanes of at least 4 members (excludes halogenated alkanes) is 2. The fraction of sp³-hybridized carbons (Fsp3) is 0.370. The van der Waals surface area contributed by atoms with Crippen LogP contribution in [-0.2, 0) is 4.79 Å². The van der Waals surface area contributed by atoms with Crippen LogP contribution in [0.4, 0.5) is 0 Å². The number of fused-ring (bicyclic) bond motifs is 1. The molecule has 6 heteroatoms. The minimum Gasteiger partial charge on any atom is -0.497 e. The third-order valence-corrected chi connectivity index (χ3v) is 5.52. The van der Waals surface area contributed by atoms with Gasteiger partial charge in [0.15, 0.2) is 0 Å². The van der Waals surface area contributed by atoms with E-state index in [4.69, 9.17) is 18.6 Å². The number of hydrogen-bond acceptors (Lipinski definition) is 5. The Morgan fingerprint density at radius 1 is 1.03 bits per heavy atom. The van der Waals surface area contributed by atoms with Gasteiger partial charge in [0.05, 0.1) is 27.1 Å². The van der Waals surface area contributed by atoms with Crippen molar-refractivity contribution >= 4 is 22.4 Å². The van der Waals surface area contributed by atoms with Crippen LogP contribution in [0.15, 0.2) is 47.1 Å². The van der Waals surface area contributed by atoms with E-state index in [1.165, 1.54) is 0 Å². The highest BCUT2D eigenvalue weighted by molar-refractivity contribution is 6.01. The molecule has 1 aromatic heterocycles. The molecular formula is C27H33NO5. The van der Waals surface area contributed by atoms with Gasteiger partial charge in [0.2, 0.25) is 5.91 Å². The Balaban J connectivity index is 2.04. The lowest BCUT2D eigenvalue weighted by atomic mass is 9.98. The largest absolute Gasteiger partial charge is 0.497 e. The number of methoxy groups -OCH3 is 2. The summed E-state index contributed by atoms with van der Waals surface area (Å²) in [4.78, 5) is 12.4. The molecule has 3 rings (SSSR count). The average Bonchev–Trinajstić information content (AvgIpc) is 3.23. The van der Waals surface area contributed by atoms with E-state index in [9.17, 15) is 4.79 Å². The molecule has 0 bridgehead atoms. The normalized spacial score (nSPS) is 11.5. The fourth-order valence-corrected chi connectivity index (χ4v) is 3.78. The van der Waals surface area contributed by atoms with Crippen molar-refractivity contribution in [3.05, 3.63) is 48.2 Å². The van der Waals surface area contributed by atoms with Crippen LogP contribution in [0.3, 0.4) is 0 Å². The second-order valence-corrected chi connectivity index (χ2v) is 7.82. The standard InChI is InChI=1S/C27H33NO5/c1-6-8-9-12-28-27(29)13-18(3)20-15-22-23(17-33-26(22)16-25(20)32-7-2)21-14-19(30-4)10-11-24(21)31-5/h10-11,13-17H,6-9,12H2,1-5H3,(H,28,29)/b18-13+. The Bertz CT molecular complexity index is 1130. The van der Waals surface area contributed by atoms with Gasteiger partial charge in [-0.1, -0.05) is 19.8 Å². The molecule has 6 nitrogen and oxygen atoms in total. The minimum absolute atomic E-state index is 0.104. The predicted octanol–water partition coefficient (Wildman–Crippen LogP) is 6.23. The highest BCUT2D eigenvalue weighted by atomic mass is 16.5. The number of carbonyl (C=O) groups is 1. The van der Waals surface area contributed by atoms with Crippen molar-refractivity contribution in [1.29, 1.82) is 0 Å². The maximum atomic E-state index is 12.4. The van der Waals surface area contributed by atoms with Crippen molar-refractivity contribution in [3.8, 4) is 28.4 Å². The molecule has 0 saturated carbocycles. The number of furan rings is 1. The van der Waals surface area contributed by atoms with Crippen molar-refractivity contribution in [2.24, 2.45) is 0 Å². The van der Waals surface area contributed by atoms with Crippen molar-refractivity contribution in [2.75, 3.05) is 27.4 Å². The molecule has 0 saturated heterocycles. The summed E-state index contributed by atoms with van der Waals surface area (Å²) in [6.45, 7) is 7.17. The van der Waals surface area contributed by atoms with Crippen LogP contribution in [0, 0.1) is 0 Å². The third kappa shape index (κ3) is 5.69. The Morgan fingerprint density at radius 3 is 2.55 bits per heavy atom. The molecule has 0 atom stereocenters. The summed E-state index contributed by atoms with van der Waals surface area (Å²) >= 11 is 0. The molecule has 0 aliphatic rings. The average molecular weight is 452 g/mol. The van der Waals surface area contributed by atoms with Gasteiger partial charge < -0.3 is 23.9 Å². The first-order valence-electron chi connectivity index (χ1n) is 11.4. The van der Waals surface area contributed by atoms with Gasteiger partial charge in [-0.2, -0.15) is 0 Å². The topological polar surface area (TPSA) is 69.9 Å². The van der Waals surface area contributed by atoms with Crippen LogP contribution in [0.2, 0.25) is 0 Å². The Morgan fingerprint density at radius 2 is 1.85 bits per heavy atom. The van der Waals surface area contributed by atoms with Gasteiger partial charge in [0, 0.05) is 40.8 Å². The summed E-state index contributed by atoms with van der Waals surface area (Å²) in [6.07, 6.45) is 6.53. The number of carbonyl (C=O) groups excluding carboxylic acids is 1. The maximum absolute atomic E-state index is 12.4. The molecule has 176 valence electrons. The van der Waals surface area contributed by atoms with Crippen LogP contribution in [0.25, 0.3) is 27.7 Å². The second kappa shape index (κ2) is 11.5. The quantitative estimate of drug-likeness (QED) is 0.277. The third-order valence-electron chi connectivity index (χ3n) is 5.52. The molecule has 0 spiro atoms. The molecule has 0 radical (unpaired) electrons. The Hall–Kier alpha value is -3.41. The molecule has 1 N–H and O–H groups in total. The number of benzene rings is 2. The number of rotatable bonds is 11. The van der Waals surface area contributed by atoms with E-state index in [1.54, 1.807) is 26.6 Å². The molecule has 2 aromatic carbocycles. The van der Waals surface area contributed by atoms with E-state index in [-0.39, 0.29) is 5.91 Å². The van der Waals surface area contributed by atoms with Gasteiger partial charge in [-0.25, -0.2) is 0 Å². The summed E-state index contributed by atoms with van der Waals surface area (Å²) in [6, 6.07) is 9.53. The van der Waals surface area contributed by atoms with Gasteiger partial charge in [-0.3, -0.25) is 4.79 Å². The second-order valence-electron chi connectivity index (χ2n) is 7.82. The zero-order valence-electron chi connectivity index (χ0n) is 20.1. The molecule has 1 heterocycles. The van der Waals surface area contributed by atoms with Crippen LogP contribution in [-0.4, -0.2) is 33.3 Å². The highest BCUT2D eigenvalue weighted by Gasteiger charge is 2.18. The summed E-state index contributed by atoms with van der Waals surface area (Å²) in [5.74, 6) is 2.01. The number of amides is 1. The van der Waals surface area contributed by atoms with E-state index < -0.39 is 0 Å². The van der Waals surface area contributed by atoms with Crippen molar-refractivity contribution in [1.82, 2.24) is 5.32 Å². The van der Waals surface area contributed by atoms with Crippen molar-refractivity contribution in [3.63, 3.8) is 0 Å². The van der Waals surface area contributed by atoms with Gasteiger partial charge in [0.1, 0.15) is 22.8 Å². The van der Waals surface area contributed by atoms with E-state index in [2.05, 4.69) is 12.2 Å².